The highest BCUT2D eigenvalue weighted by atomic mass is 16.5. The normalized spacial score (nSPS) is 10.2. The molecule has 5 heteroatoms. The van der Waals surface area contributed by atoms with Gasteiger partial charge in [0.2, 0.25) is 5.91 Å². The summed E-state index contributed by atoms with van der Waals surface area (Å²) in [5, 5.41) is 5.97. The molecule has 0 fully saturated rings. The van der Waals surface area contributed by atoms with Gasteiger partial charge in [0, 0.05) is 12.2 Å². The number of benzene rings is 2. The van der Waals surface area contributed by atoms with Gasteiger partial charge in [-0.25, -0.2) is 0 Å². The fourth-order valence-corrected chi connectivity index (χ4v) is 2.12. The summed E-state index contributed by atoms with van der Waals surface area (Å²) in [5.41, 5.74) is 1.86. The van der Waals surface area contributed by atoms with Crippen molar-refractivity contribution in [1.29, 1.82) is 0 Å². The van der Waals surface area contributed by atoms with Crippen LogP contribution in [-0.2, 0) is 11.3 Å². The molecule has 0 heterocycles. The Morgan fingerprint density at radius 3 is 2.29 bits per heavy atom. The summed E-state index contributed by atoms with van der Waals surface area (Å²) in [5.74, 6) is 1.56. The summed E-state index contributed by atoms with van der Waals surface area (Å²) < 4.78 is 10.6. The van der Waals surface area contributed by atoms with Crippen LogP contribution in [0.5, 0.6) is 11.5 Å². The number of anilines is 1. The zero-order valence-electron chi connectivity index (χ0n) is 14.2. The van der Waals surface area contributed by atoms with Crippen molar-refractivity contribution >= 4 is 11.6 Å². The molecule has 0 spiro atoms. The van der Waals surface area contributed by atoms with Gasteiger partial charge < -0.3 is 20.1 Å². The number of ether oxygens (including phenoxy) is 2. The monoisotopic (exact) mass is 328 g/mol. The largest absolute Gasteiger partial charge is 0.497 e. The van der Waals surface area contributed by atoms with Crippen molar-refractivity contribution in [3.63, 3.8) is 0 Å². The summed E-state index contributed by atoms with van der Waals surface area (Å²) in [6.45, 7) is 3.63. The third-order valence-corrected chi connectivity index (χ3v) is 3.38. The number of carbonyl (C=O) groups excluding carboxylic acids is 1. The Hall–Kier alpha value is -2.53. The lowest BCUT2D eigenvalue weighted by atomic mass is 10.2. The number of hydrogen-bond acceptors (Lipinski definition) is 4. The number of methoxy groups -OCH3 is 1. The molecule has 2 aromatic rings. The van der Waals surface area contributed by atoms with E-state index < -0.39 is 0 Å². The summed E-state index contributed by atoms with van der Waals surface area (Å²) in [6.07, 6.45) is 0.971. The summed E-state index contributed by atoms with van der Waals surface area (Å²) in [7, 11) is 1.64. The standard InChI is InChI=1S/C19H24N2O3/c1-3-12-24-18-10-6-16(7-11-18)21-19(22)14-20-13-15-4-8-17(23-2)9-5-15/h4-11,20H,3,12-14H2,1-2H3,(H,21,22). The summed E-state index contributed by atoms with van der Waals surface area (Å²) in [6, 6.07) is 15.1. The fourth-order valence-electron chi connectivity index (χ4n) is 2.12. The Labute approximate surface area is 143 Å². The Morgan fingerprint density at radius 2 is 1.67 bits per heavy atom. The molecule has 5 nitrogen and oxygen atoms in total. The maximum Gasteiger partial charge on any atom is 0.238 e. The molecule has 1 amide bonds. The van der Waals surface area contributed by atoms with Gasteiger partial charge in [-0.3, -0.25) is 4.79 Å². The molecule has 0 radical (unpaired) electrons. The van der Waals surface area contributed by atoms with E-state index in [-0.39, 0.29) is 12.5 Å². The molecule has 0 aliphatic rings. The third kappa shape index (κ3) is 5.93. The molecule has 0 aliphatic carbocycles. The van der Waals surface area contributed by atoms with Gasteiger partial charge in [0.25, 0.3) is 0 Å². The molecule has 0 unspecified atom stereocenters. The molecule has 0 atom stereocenters. The van der Waals surface area contributed by atoms with Crippen LogP contribution in [0.4, 0.5) is 5.69 Å². The highest BCUT2D eigenvalue weighted by Crippen LogP contribution is 2.15. The quantitative estimate of drug-likeness (QED) is 0.742. The zero-order chi connectivity index (χ0) is 17.2. The van der Waals surface area contributed by atoms with Gasteiger partial charge in [-0.05, 0) is 48.4 Å². The van der Waals surface area contributed by atoms with Crippen LogP contribution >= 0.6 is 0 Å². The number of hydrogen-bond donors (Lipinski definition) is 2. The minimum atomic E-state index is -0.0780. The van der Waals surface area contributed by atoms with E-state index in [1.54, 1.807) is 7.11 Å². The molecule has 0 saturated carbocycles. The first-order chi connectivity index (χ1) is 11.7. The maximum absolute atomic E-state index is 11.9. The molecular formula is C19H24N2O3. The smallest absolute Gasteiger partial charge is 0.238 e. The predicted molar refractivity (Wildman–Crippen MR) is 95.6 cm³/mol. The highest BCUT2D eigenvalue weighted by molar-refractivity contribution is 5.92. The van der Waals surface area contributed by atoms with E-state index in [2.05, 4.69) is 17.6 Å². The average Bonchev–Trinajstić information content (AvgIpc) is 2.62. The van der Waals surface area contributed by atoms with Gasteiger partial charge in [-0.1, -0.05) is 19.1 Å². The van der Waals surface area contributed by atoms with Crippen molar-refractivity contribution in [2.75, 3.05) is 25.6 Å². The van der Waals surface area contributed by atoms with Crippen molar-refractivity contribution in [2.24, 2.45) is 0 Å². The lowest BCUT2D eigenvalue weighted by molar-refractivity contribution is -0.115. The van der Waals surface area contributed by atoms with Crippen molar-refractivity contribution in [2.45, 2.75) is 19.9 Å². The number of amides is 1. The Bertz CT molecular complexity index is 624. The topological polar surface area (TPSA) is 59.6 Å². The second-order valence-electron chi connectivity index (χ2n) is 5.37. The first-order valence-electron chi connectivity index (χ1n) is 8.07. The van der Waals surface area contributed by atoms with Crippen LogP contribution in [0, 0.1) is 0 Å². The van der Waals surface area contributed by atoms with Crippen LogP contribution in [-0.4, -0.2) is 26.2 Å². The van der Waals surface area contributed by atoms with E-state index in [0.29, 0.717) is 13.2 Å². The second kappa shape index (κ2) is 9.57. The Kier molecular flexibility index (Phi) is 7.11. The first kappa shape index (κ1) is 17.8. The Morgan fingerprint density at radius 1 is 1.00 bits per heavy atom. The summed E-state index contributed by atoms with van der Waals surface area (Å²) in [4.78, 5) is 11.9. The van der Waals surface area contributed by atoms with Gasteiger partial charge in [0.15, 0.2) is 0 Å². The number of rotatable bonds is 9. The van der Waals surface area contributed by atoms with Crippen LogP contribution in [0.1, 0.15) is 18.9 Å². The predicted octanol–water partition coefficient (Wildman–Crippen LogP) is 3.21. The van der Waals surface area contributed by atoms with Gasteiger partial charge in [0.05, 0.1) is 20.3 Å². The second-order valence-corrected chi connectivity index (χ2v) is 5.37. The molecule has 0 aliphatic heterocycles. The molecule has 0 aromatic heterocycles. The number of carbonyl (C=O) groups is 1. The van der Waals surface area contributed by atoms with Gasteiger partial charge in [-0.2, -0.15) is 0 Å². The van der Waals surface area contributed by atoms with Crippen molar-refractivity contribution in [3.05, 3.63) is 54.1 Å². The summed E-state index contributed by atoms with van der Waals surface area (Å²) >= 11 is 0. The Balaban J connectivity index is 1.72. The molecule has 2 N–H and O–H groups in total. The van der Waals surface area contributed by atoms with Gasteiger partial charge in [-0.15, -0.1) is 0 Å². The van der Waals surface area contributed by atoms with E-state index in [1.165, 1.54) is 0 Å². The number of nitrogens with one attached hydrogen (secondary N) is 2. The van der Waals surface area contributed by atoms with E-state index >= 15 is 0 Å². The molecule has 0 bridgehead atoms. The van der Waals surface area contributed by atoms with E-state index in [0.717, 1.165) is 29.2 Å². The van der Waals surface area contributed by atoms with Gasteiger partial charge in [0.1, 0.15) is 11.5 Å². The highest BCUT2D eigenvalue weighted by Gasteiger charge is 2.03. The third-order valence-electron chi connectivity index (χ3n) is 3.38. The van der Waals surface area contributed by atoms with Gasteiger partial charge >= 0.3 is 0 Å². The van der Waals surface area contributed by atoms with Crippen molar-refractivity contribution in [1.82, 2.24) is 5.32 Å². The lowest BCUT2D eigenvalue weighted by Gasteiger charge is -2.09. The van der Waals surface area contributed by atoms with Crippen LogP contribution in [0.15, 0.2) is 48.5 Å². The van der Waals surface area contributed by atoms with Crippen molar-refractivity contribution < 1.29 is 14.3 Å². The minimum Gasteiger partial charge on any atom is -0.497 e. The molecular weight excluding hydrogens is 304 g/mol. The molecule has 128 valence electrons. The molecule has 2 rings (SSSR count). The molecule has 0 saturated heterocycles. The first-order valence-corrected chi connectivity index (χ1v) is 8.07. The SMILES string of the molecule is CCCOc1ccc(NC(=O)CNCc2ccc(OC)cc2)cc1. The van der Waals surface area contributed by atoms with Crippen LogP contribution in [0.3, 0.4) is 0 Å². The van der Waals surface area contributed by atoms with E-state index in [4.69, 9.17) is 9.47 Å². The average molecular weight is 328 g/mol. The molecule has 24 heavy (non-hydrogen) atoms. The fraction of sp³-hybridized carbons (Fsp3) is 0.316. The molecule has 2 aromatic carbocycles. The zero-order valence-corrected chi connectivity index (χ0v) is 14.2. The van der Waals surface area contributed by atoms with Crippen LogP contribution in [0.2, 0.25) is 0 Å². The van der Waals surface area contributed by atoms with E-state index in [9.17, 15) is 4.79 Å². The van der Waals surface area contributed by atoms with Crippen molar-refractivity contribution in [3.8, 4) is 11.5 Å². The van der Waals surface area contributed by atoms with Crippen LogP contribution in [0.25, 0.3) is 0 Å². The lowest BCUT2D eigenvalue weighted by Crippen LogP contribution is -2.27. The minimum absolute atomic E-state index is 0.0780. The van der Waals surface area contributed by atoms with Crippen LogP contribution < -0.4 is 20.1 Å². The van der Waals surface area contributed by atoms with E-state index in [1.807, 2.05) is 48.5 Å². The maximum atomic E-state index is 11.9.